The largest absolute Gasteiger partial charge is 0.508 e. The first kappa shape index (κ1) is 13.6. The van der Waals surface area contributed by atoms with Crippen molar-refractivity contribution in [1.29, 1.82) is 0 Å². The van der Waals surface area contributed by atoms with Crippen LogP contribution in [0.3, 0.4) is 0 Å². The molecular formula is C7H8KO4S. The molecule has 0 spiro atoms. The summed E-state index contributed by atoms with van der Waals surface area (Å²) in [5.41, 5.74) is 0.408. The van der Waals surface area contributed by atoms with E-state index >= 15 is 0 Å². The Morgan fingerprint density at radius 3 is 2.23 bits per heavy atom. The van der Waals surface area contributed by atoms with Gasteiger partial charge in [-0.05, 0) is 30.7 Å². The summed E-state index contributed by atoms with van der Waals surface area (Å²) in [7, 11) is -4.15. The van der Waals surface area contributed by atoms with Crippen molar-refractivity contribution in [3.05, 3.63) is 23.8 Å². The number of hydrogen-bond acceptors (Lipinski definition) is 3. The Balaban J connectivity index is 0.00000144. The Morgan fingerprint density at radius 2 is 1.85 bits per heavy atom. The number of aryl methyl sites for hydroxylation is 1. The van der Waals surface area contributed by atoms with E-state index in [4.69, 9.17) is 9.66 Å². The number of rotatable bonds is 1. The van der Waals surface area contributed by atoms with Crippen LogP contribution in [0.15, 0.2) is 23.1 Å². The summed E-state index contributed by atoms with van der Waals surface area (Å²) >= 11 is 0. The molecule has 4 nitrogen and oxygen atoms in total. The maximum absolute atomic E-state index is 10.6. The zero-order chi connectivity index (χ0) is 9.35. The molecule has 0 unspecified atom stereocenters. The van der Waals surface area contributed by atoms with Crippen molar-refractivity contribution in [3.63, 3.8) is 0 Å². The summed E-state index contributed by atoms with van der Waals surface area (Å²) in [6.07, 6.45) is 0. The Labute approximate surface area is 119 Å². The van der Waals surface area contributed by atoms with E-state index in [1.54, 1.807) is 6.92 Å². The van der Waals surface area contributed by atoms with Crippen LogP contribution in [-0.2, 0) is 10.1 Å². The molecular weight excluding hydrogens is 219 g/mol. The second-order valence-corrected chi connectivity index (χ2v) is 3.84. The van der Waals surface area contributed by atoms with Crippen molar-refractivity contribution in [2.75, 3.05) is 0 Å². The van der Waals surface area contributed by atoms with Crippen molar-refractivity contribution in [2.24, 2.45) is 0 Å². The van der Waals surface area contributed by atoms with E-state index in [1.165, 1.54) is 12.1 Å². The van der Waals surface area contributed by atoms with E-state index in [0.717, 1.165) is 6.07 Å². The van der Waals surface area contributed by atoms with Gasteiger partial charge in [0.25, 0.3) is 10.1 Å². The van der Waals surface area contributed by atoms with Crippen molar-refractivity contribution in [3.8, 4) is 5.75 Å². The molecule has 67 valence electrons. The van der Waals surface area contributed by atoms with Gasteiger partial charge in [0.1, 0.15) is 5.75 Å². The van der Waals surface area contributed by atoms with E-state index < -0.39 is 10.1 Å². The third-order valence-corrected chi connectivity index (χ3v) is 2.32. The van der Waals surface area contributed by atoms with Crippen molar-refractivity contribution < 1.29 is 18.1 Å². The number of phenolic OH excluding ortho intramolecular Hbond substituents is 1. The van der Waals surface area contributed by atoms with Crippen molar-refractivity contribution in [2.45, 2.75) is 11.8 Å². The molecule has 0 atom stereocenters. The third kappa shape index (κ3) is 3.66. The SMILES string of the molecule is Cc1cc(S(=O)(=O)O)ccc1O.[K]. The number of benzene rings is 1. The number of aromatic hydroxyl groups is 1. The first-order valence-electron chi connectivity index (χ1n) is 3.18. The quantitative estimate of drug-likeness (QED) is 0.543. The first-order valence-corrected chi connectivity index (χ1v) is 4.62. The molecule has 0 fully saturated rings. The second-order valence-electron chi connectivity index (χ2n) is 2.42. The van der Waals surface area contributed by atoms with Crippen LogP contribution in [0.25, 0.3) is 0 Å². The normalized spacial score (nSPS) is 10.6. The summed E-state index contributed by atoms with van der Waals surface area (Å²) in [6.45, 7) is 1.55. The van der Waals surface area contributed by atoms with Crippen LogP contribution in [0.2, 0.25) is 0 Å². The minimum absolute atomic E-state index is 0. The van der Waals surface area contributed by atoms with Gasteiger partial charge in [-0.25, -0.2) is 0 Å². The van der Waals surface area contributed by atoms with E-state index in [9.17, 15) is 8.42 Å². The van der Waals surface area contributed by atoms with Crippen LogP contribution in [0.1, 0.15) is 5.56 Å². The van der Waals surface area contributed by atoms with Gasteiger partial charge in [0.15, 0.2) is 0 Å². The topological polar surface area (TPSA) is 74.6 Å². The van der Waals surface area contributed by atoms with Crippen LogP contribution >= 0.6 is 0 Å². The predicted molar refractivity (Wildman–Crippen MR) is 48.4 cm³/mol. The van der Waals surface area contributed by atoms with Crippen molar-refractivity contribution in [1.82, 2.24) is 0 Å². The van der Waals surface area contributed by atoms with E-state index in [2.05, 4.69) is 0 Å². The average Bonchev–Trinajstić information content (AvgIpc) is 1.92. The minimum atomic E-state index is -4.15. The monoisotopic (exact) mass is 227 g/mol. The van der Waals surface area contributed by atoms with Crippen LogP contribution < -0.4 is 0 Å². The van der Waals surface area contributed by atoms with Gasteiger partial charge in [-0.2, -0.15) is 8.42 Å². The number of phenols is 1. The summed E-state index contributed by atoms with van der Waals surface area (Å²) in [6, 6.07) is 3.56. The number of hydrogen-bond donors (Lipinski definition) is 2. The molecule has 1 aromatic rings. The van der Waals surface area contributed by atoms with E-state index in [1.807, 2.05) is 0 Å². The fourth-order valence-corrected chi connectivity index (χ4v) is 1.35. The Hall–Kier alpha value is 0.566. The van der Waals surface area contributed by atoms with Crippen LogP contribution in [0, 0.1) is 6.92 Å². The second kappa shape index (κ2) is 4.88. The van der Waals surface area contributed by atoms with Crippen LogP contribution in [0.4, 0.5) is 0 Å². The zero-order valence-corrected chi connectivity index (χ0v) is 11.3. The molecule has 0 saturated carbocycles. The van der Waals surface area contributed by atoms with Gasteiger partial charge in [-0.1, -0.05) is 0 Å². The van der Waals surface area contributed by atoms with E-state index in [-0.39, 0.29) is 62.0 Å². The smallest absolute Gasteiger partial charge is 0.294 e. The molecule has 13 heavy (non-hydrogen) atoms. The Kier molecular flexibility index (Phi) is 5.09. The van der Waals surface area contributed by atoms with Gasteiger partial charge in [0.2, 0.25) is 0 Å². The molecule has 1 rings (SSSR count). The summed E-state index contributed by atoms with van der Waals surface area (Å²) in [5, 5.41) is 9.03. The van der Waals surface area contributed by atoms with Crippen LogP contribution in [-0.4, -0.2) is 69.5 Å². The molecule has 1 aromatic carbocycles. The Morgan fingerprint density at radius 1 is 1.31 bits per heavy atom. The molecule has 0 heterocycles. The molecule has 0 amide bonds. The molecule has 0 aromatic heterocycles. The fraction of sp³-hybridized carbons (Fsp3) is 0.143. The average molecular weight is 227 g/mol. The molecule has 0 bridgehead atoms. The molecule has 6 heteroatoms. The maximum atomic E-state index is 10.6. The predicted octanol–water partition coefficient (Wildman–Crippen LogP) is 0.567. The first-order chi connectivity index (χ1) is 5.41. The molecule has 0 saturated heterocycles. The molecule has 0 aliphatic heterocycles. The standard InChI is InChI=1S/C7H8O4S.K/c1-5-4-6(12(9,10)11)2-3-7(5)8;/h2-4,8H,1H3,(H,9,10,11);. The van der Waals surface area contributed by atoms with Gasteiger partial charge >= 0.3 is 0 Å². The van der Waals surface area contributed by atoms with Gasteiger partial charge in [0.05, 0.1) is 4.90 Å². The van der Waals surface area contributed by atoms with Crippen LogP contribution in [0.5, 0.6) is 5.75 Å². The van der Waals surface area contributed by atoms with E-state index in [0.29, 0.717) is 5.56 Å². The third-order valence-electron chi connectivity index (χ3n) is 1.47. The van der Waals surface area contributed by atoms with Gasteiger partial charge in [-0.3, -0.25) is 4.55 Å². The molecule has 0 aliphatic rings. The fourth-order valence-electron chi connectivity index (χ4n) is 0.788. The maximum Gasteiger partial charge on any atom is 0.294 e. The molecule has 1 radical (unpaired) electrons. The van der Waals surface area contributed by atoms with Gasteiger partial charge in [0, 0.05) is 51.4 Å². The van der Waals surface area contributed by atoms with Gasteiger partial charge < -0.3 is 5.11 Å². The molecule has 0 aliphatic carbocycles. The summed E-state index contributed by atoms with van der Waals surface area (Å²) < 4.78 is 29.7. The minimum Gasteiger partial charge on any atom is -0.508 e. The van der Waals surface area contributed by atoms with Crippen molar-refractivity contribution >= 4 is 61.5 Å². The summed E-state index contributed by atoms with van der Waals surface area (Å²) in [4.78, 5) is -0.210. The Bertz CT molecular complexity index is 399. The van der Waals surface area contributed by atoms with Gasteiger partial charge in [-0.15, -0.1) is 0 Å². The zero-order valence-electron chi connectivity index (χ0n) is 7.35. The molecule has 2 N–H and O–H groups in total. The summed E-state index contributed by atoms with van der Waals surface area (Å²) in [5.74, 6) is 0.00222.